The summed E-state index contributed by atoms with van der Waals surface area (Å²) in [6.45, 7) is 3.67. The minimum Gasteiger partial charge on any atom is -0.488 e. The van der Waals surface area contributed by atoms with Gasteiger partial charge in [-0.2, -0.15) is 0 Å². The van der Waals surface area contributed by atoms with Crippen LogP contribution in [0.25, 0.3) is 11.1 Å². The van der Waals surface area contributed by atoms with E-state index in [-0.39, 0.29) is 12.7 Å². The van der Waals surface area contributed by atoms with Crippen LogP contribution in [0.15, 0.2) is 42.5 Å². The van der Waals surface area contributed by atoms with Crippen molar-refractivity contribution in [3.8, 4) is 28.7 Å². The number of rotatable bonds is 4. The molecule has 1 aliphatic heterocycles. The van der Waals surface area contributed by atoms with Crippen LogP contribution in [0, 0.1) is 18.8 Å². The maximum atomic E-state index is 8.76. The average molecular weight is 322 g/mol. The van der Waals surface area contributed by atoms with E-state index >= 15 is 0 Å². The summed E-state index contributed by atoms with van der Waals surface area (Å²) < 4.78 is 11.3. The maximum absolute atomic E-state index is 8.76. The van der Waals surface area contributed by atoms with Gasteiger partial charge in [0.15, 0.2) is 0 Å². The van der Waals surface area contributed by atoms with Gasteiger partial charge in [-0.25, -0.2) is 0 Å². The minimum atomic E-state index is 0.103. The molecular weight excluding hydrogens is 300 g/mol. The van der Waals surface area contributed by atoms with Crippen molar-refractivity contribution >= 4 is 0 Å². The number of aliphatic hydroxyl groups excluding tert-OH is 1. The predicted molar refractivity (Wildman–Crippen MR) is 95.0 cm³/mol. The van der Waals surface area contributed by atoms with Gasteiger partial charge in [-0.1, -0.05) is 30.0 Å². The molecule has 1 unspecified atom stereocenters. The highest BCUT2D eigenvalue weighted by atomic mass is 16.5. The molecule has 1 heterocycles. The molecule has 1 saturated heterocycles. The Bertz CT molecular complexity index is 732. The highest BCUT2D eigenvalue weighted by Crippen LogP contribution is 2.28. The van der Waals surface area contributed by atoms with Crippen LogP contribution in [-0.4, -0.2) is 31.0 Å². The third kappa shape index (κ3) is 4.17. The van der Waals surface area contributed by atoms with E-state index < -0.39 is 0 Å². The zero-order valence-corrected chi connectivity index (χ0v) is 13.9. The SMILES string of the molecule is Cc1cc(OC2CCOC2)ccc1-c1ccc(C#CCCO)cc1. The van der Waals surface area contributed by atoms with E-state index in [0.717, 1.165) is 29.9 Å². The molecule has 2 aromatic carbocycles. The van der Waals surface area contributed by atoms with Gasteiger partial charge in [0.1, 0.15) is 11.9 Å². The smallest absolute Gasteiger partial charge is 0.124 e. The zero-order valence-electron chi connectivity index (χ0n) is 13.9. The maximum Gasteiger partial charge on any atom is 0.124 e. The molecule has 0 aromatic heterocycles. The van der Waals surface area contributed by atoms with Gasteiger partial charge in [-0.3, -0.25) is 0 Å². The lowest BCUT2D eigenvalue weighted by Crippen LogP contribution is -2.15. The molecule has 124 valence electrons. The predicted octanol–water partition coefficient (Wildman–Crippen LogP) is 3.56. The van der Waals surface area contributed by atoms with E-state index in [1.165, 1.54) is 11.1 Å². The number of benzene rings is 2. The van der Waals surface area contributed by atoms with Crippen molar-refractivity contribution in [3.05, 3.63) is 53.6 Å². The second-order valence-corrected chi connectivity index (χ2v) is 5.93. The molecule has 1 aliphatic rings. The third-order valence-electron chi connectivity index (χ3n) is 4.05. The van der Waals surface area contributed by atoms with E-state index in [1.807, 2.05) is 18.2 Å². The van der Waals surface area contributed by atoms with Gasteiger partial charge < -0.3 is 14.6 Å². The molecule has 1 atom stereocenters. The van der Waals surface area contributed by atoms with E-state index in [0.29, 0.717) is 13.0 Å². The van der Waals surface area contributed by atoms with Crippen molar-refractivity contribution in [1.29, 1.82) is 0 Å². The van der Waals surface area contributed by atoms with E-state index in [2.05, 4.69) is 43.0 Å². The van der Waals surface area contributed by atoms with Crippen molar-refractivity contribution in [2.75, 3.05) is 19.8 Å². The molecule has 0 amide bonds. The number of aryl methyl sites for hydroxylation is 1. The fourth-order valence-corrected chi connectivity index (χ4v) is 2.79. The Hall–Kier alpha value is -2.28. The zero-order chi connectivity index (χ0) is 16.8. The summed E-state index contributed by atoms with van der Waals surface area (Å²) >= 11 is 0. The van der Waals surface area contributed by atoms with Crippen LogP contribution in [0.1, 0.15) is 24.0 Å². The second kappa shape index (κ2) is 8.01. The summed E-state index contributed by atoms with van der Waals surface area (Å²) in [6, 6.07) is 14.4. The molecule has 3 nitrogen and oxygen atoms in total. The Labute approximate surface area is 143 Å². The molecule has 3 heteroatoms. The van der Waals surface area contributed by atoms with Gasteiger partial charge in [-0.05, 0) is 47.9 Å². The first-order valence-corrected chi connectivity index (χ1v) is 8.31. The number of hydrogen-bond donors (Lipinski definition) is 1. The van der Waals surface area contributed by atoms with Crippen LogP contribution >= 0.6 is 0 Å². The Kier molecular flexibility index (Phi) is 5.53. The van der Waals surface area contributed by atoms with Gasteiger partial charge in [0.2, 0.25) is 0 Å². The summed E-state index contributed by atoms with van der Waals surface area (Å²) in [5.74, 6) is 6.88. The molecule has 3 rings (SSSR count). The van der Waals surface area contributed by atoms with E-state index in [4.69, 9.17) is 14.6 Å². The summed E-state index contributed by atoms with van der Waals surface area (Å²) in [4.78, 5) is 0. The lowest BCUT2D eigenvalue weighted by atomic mass is 9.99. The second-order valence-electron chi connectivity index (χ2n) is 5.93. The summed E-state index contributed by atoms with van der Waals surface area (Å²) in [5.41, 5.74) is 4.51. The van der Waals surface area contributed by atoms with Crippen molar-refractivity contribution in [2.45, 2.75) is 25.9 Å². The highest BCUT2D eigenvalue weighted by Gasteiger charge is 2.17. The largest absolute Gasteiger partial charge is 0.488 e. The Morgan fingerprint density at radius 1 is 1.21 bits per heavy atom. The van der Waals surface area contributed by atoms with Crippen LogP contribution in [0.5, 0.6) is 5.75 Å². The van der Waals surface area contributed by atoms with E-state index in [9.17, 15) is 0 Å². The molecule has 1 N–H and O–H groups in total. The first-order valence-electron chi connectivity index (χ1n) is 8.31. The first-order chi connectivity index (χ1) is 11.8. The molecular formula is C21H22O3. The molecule has 1 fully saturated rings. The van der Waals surface area contributed by atoms with Crippen molar-refractivity contribution in [1.82, 2.24) is 0 Å². The molecule has 0 bridgehead atoms. The third-order valence-corrected chi connectivity index (χ3v) is 4.05. The Balaban J connectivity index is 1.73. The lowest BCUT2D eigenvalue weighted by molar-refractivity contribution is 0.141. The van der Waals surface area contributed by atoms with Gasteiger partial charge in [0.05, 0.1) is 19.8 Å². The van der Waals surface area contributed by atoms with Gasteiger partial charge in [0.25, 0.3) is 0 Å². The quantitative estimate of drug-likeness (QED) is 0.875. The van der Waals surface area contributed by atoms with Crippen LogP contribution in [0.2, 0.25) is 0 Å². The normalized spacial score (nSPS) is 16.5. The lowest BCUT2D eigenvalue weighted by Gasteiger charge is -2.14. The van der Waals surface area contributed by atoms with Crippen molar-refractivity contribution < 1.29 is 14.6 Å². The van der Waals surface area contributed by atoms with Gasteiger partial charge in [-0.15, -0.1) is 0 Å². The average Bonchev–Trinajstić information content (AvgIpc) is 3.09. The molecule has 0 saturated carbocycles. The highest BCUT2D eigenvalue weighted by molar-refractivity contribution is 5.68. The van der Waals surface area contributed by atoms with Gasteiger partial charge in [0, 0.05) is 18.4 Å². The van der Waals surface area contributed by atoms with Crippen LogP contribution in [0.3, 0.4) is 0 Å². The first kappa shape index (κ1) is 16.6. The standard InChI is InChI=1S/C21H22O3/c1-16-14-19(24-20-11-13-23-15-20)9-10-21(16)18-7-5-17(6-8-18)4-2-3-12-22/h5-10,14,20,22H,3,11-13,15H2,1H3. The summed E-state index contributed by atoms with van der Waals surface area (Å²) in [5, 5.41) is 8.76. The fraction of sp³-hybridized carbons (Fsp3) is 0.333. The molecule has 2 aromatic rings. The van der Waals surface area contributed by atoms with Gasteiger partial charge >= 0.3 is 0 Å². The number of hydrogen-bond acceptors (Lipinski definition) is 3. The minimum absolute atomic E-state index is 0.103. The molecule has 0 radical (unpaired) electrons. The van der Waals surface area contributed by atoms with Crippen LogP contribution in [-0.2, 0) is 4.74 Å². The molecule has 24 heavy (non-hydrogen) atoms. The van der Waals surface area contributed by atoms with Crippen molar-refractivity contribution in [3.63, 3.8) is 0 Å². The Morgan fingerprint density at radius 2 is 2.04 bits per heavy atom. The number of aliphatic hydroxyl groups is 1. The molecule has 0 spiro atoms. The Morgan fingerprint density at radius 3 is 2.71 bits per heavy atom. The van der Waals surface area contributed by atoms with Crippen LogP contribution < -0.4 is 4.74 Å². The molecule has 0 aliphatic carbocycles. The summed E-state index contributed by atoms with van der Waals surface area (Å²) in [6.07, 6.45) is 1.64. The topological polar surface area (TPSA) is 38.7 Å². The van der Waals surface area contributed by atoms with E-state index in [1.54, 1.807) is 0 Å². The summed E-state index contributed by atoms with van der Waals surface area (Å²) in [7, 11) is 0. The number of ether oxygens (including phenoxy) is 2. The fourth-order valence-electron chi connectivity index (χ4n) is 2.79. The van der Waals surface area contributed by atoms with Crippen LogP contribution in [0.4, 0.5) is 0 Å². The van der Waals surface area contributed by atoms with Crippen molar-refractivity contribution in [2.24, 2.45) is 0 Å². The monoisotopic (exact) mass is 322 g/mol.